The summed E-state index contributed by atoms with van der Waals surface area (Å²) in [6, 6.07) is 15.2. The van der Waals surface area contributed by atoms with Gasteiger partial charge in [0, 0.05) is 43.6 Å². The van der Waals surface area contributed by atoms with E-state index in [2.05, 4.69) is 32.0 Å². The summed E-state index contributed by atoms with van der Waals surface area (Å²) in [7, 11) is 3.47. The molecule has 14 heteroatoms. The zero-order valence-corrected chi connectivity index (χ0v) is 26.9. The van der Waals surface area contributed by atoms with E-state index in [1.807, 2.05) is 4.90 Å². The lowest BCUT2D eigenvalue weighted by molar-refractivity contribution is 0.160. The van der Waals surface area contributed by atoms with Gasteiger partial charge in [0.2, 0.25) is 0 Å². The Kier molecular flexibility index (Phi) is 9.11. The van der Waals surface area contributed by atoms with E-state index < -0.39 is 11.9 Å². The maximum absolute atomic E-state index is 14.0. The number of anilines is 3. The zero-order valence-electron chi connectivity index (χ0n) is 25.4. The maximum atomic E-state index is 14.0. The van der Waals surface area contributed by atoms with E-state index in [0.717, 1.165) is 12.8 Å². The van der Waals surface area contributed by atoms with Gasteiger partial charge in [-0.15, -0.1) is 5.10 Å². The van der Waals surface area contributed by atoms with Crippen molar-refractivity contribution >= 4 is 57.2 Å². The predicted octanol–water partition coefficient (Wildman–Crippen LogP) is 7.37. The number of halogens is 4. The van der Waals surface area contributed by atoms with E-state index in [9.17, 15) is 18.8 Å². The molecule has 1 aliphatic rings. The summed E-state index contributed by atoms with van der Waals surface area (Å²) in [5, 5.41) is 26.1. The Morgan fingerprint density at radius 1 is 1.11 bits per heavy atom. The number of pyridine rings is 1. The molecule has 6 rings (SSSR count). The first kappa shape index (κ1) is 32.0. The van der Waals surface area contributed by atoms with Crippen LogP contribution in [0.15, 0.2) is 67.0 Å². The van der Waals surface area contributed by atoms with Crippen molar-refractivity contribution in [2.24, 2.45) is 0 Å². The molecule has 3 aromatic carbocycles. The van der Waals surface area contributed by atoms with Gasteiger partial charge in [0.25, 0.3) is 0 Å². The number of nitrogens with zero attached hydrogens (tertiary/aromatic N) is 7. The van der Waals surface area contributed by atoms with Gasteiger partial charge < -0.3 is 20.4 Å². The van der Waals surface area contributed by atoms with Crippen LogP contribution in [0.25, 0.3) is 10.9 Å². The van der Waals surface area contributed by atoms with Crippen molar-refractivity contribution < 1.29 is 13.6 Å². The Morgan fingerprint density at radius 2 is 1.87 bits per heavy atom. The highest BCUT2D eigenvalue weighted by Crippen LogP contribution is 2.37. The fourth-order valence-electron chi connectivity index (χ4n) is 5.72. The van der Waals surface area contributed by atoms with Gasteiger partial charge in [0.15, 0.2) is 0 Å². The van der Waals surface area contributed by atoms with Crippen LogP contribution in [0.4, 0.5) is 30.6 Å². The van der Waals surface area contributed by atoms with E-state index >= 15 is 0 Å². The van der Waals surface area contributed by atoms with Crippen LogP contribution < -0.4 is 10.6 Å². The molecule has 1 fully saturated rings. The third kappa shape index (κ3) is 6.77. The first-order valence-corrected chi connectivity index (χ1v) is 15.5. The summed E-state index contributed by atoms with van der Waals surface area (Å²) in [5.41, 5.74) is 3.36. The second kappa shape index (κ2) is 13.4. The maximum Gasteiger partial charge on any atom is 0.319 e. The van der Waals surface area contributed by atoms with Crippen LogP contribution in [-0.4, -0.2) is 62.5 Å². The molecule has 5 aromatic rings. The Hall–Kier alpha value is -4.99. The Labute approximate surface area is 279 Å². The lowest BCUT2D eigenvalue weighted by Gasteiger charge is -2.27. The summed E-state index contributed by atoms with van der Waals surface area (Å²) >= 11 is 12.7. The van der Waals surface area contributed by atoms with E-state index in [0.29, 0.717) is 57.3 Å². The molecular formula is C33H29Cl2F2N9O. The normalized spacial score (nSPS) is 15.0. The van der Waals surface area contributed by atoms with Crippen LogP contribution in [-0.2, 0) is 6.54 Å². The van der Waals surface area contributed by atoms with Crippen molar-refractivity contribution in [2.75, 3.05) is 31.3 Å². The highest BCUT2D eigenvalue weighted by atomic mass is 35.5. The van der Waals surface area contributed by atoms with Gasteiger partial charge >= 0.3 is 6.03 Å². The summed E-state index contributed by atoms with van der Waals surface area (Å²) < 4.78 is 29.5. The Bertz CT molecular complexity index is 2000. The number of urea groups is 1. The van der Waals surface area contributed by atoms with Crippen molar-refractivity contribution in [3.05, 3.63) is 105 Å². The number of benzene rings is 3. The molecule has 0 radical (unpaired) electrons. The molecular weight excluding hydrogens is 647 g/mol. The largest absolute Gasteiger partial charge is 0.373 e. The fourth-order valence-corrected chi connectivity index (χ4v) is 6.16. The minimum absolute atomic E-state index is 0.0280. The molecule has 3 heterocycles. The lowest BCUT2D eigenvalue weighted by Crippen LogP contribution is -2.43. The molecule has 0 spiro atoms. The number of likely N-dealkylation sites (tertiary alicyclic amines) is 1. The number of nitriles is 1. The number of amides is 2. The average molecular weight is 677 g/mol. The number of rotatable bonds is 8. The number of carbonyl (C=O) groups is 1. The molecule has 1 aliphatic heterocycles. The van der Waals surface area contributed by atoms with Gasteiger partial charge in [0.1, 0.15) is 23.4 Å². The molecule has 0 aliphatic carbocycles. The molecule has 0 saturated carbocycles. The van der Waals surface area contributed by atoms with Crippen molar-refractivity contribution in [2.45, 2.75) is 31.5 Å². The number of fused-ring (bicyclic) bond motifs is 1. The smallest absolute Gasteiger partial charge is 0.319 e. The van der Waals surface area contributed by atoms with E-state index in [1.165, 1.54) is 36.5 Å². The highest BCUT2D eigenvalue weighted by molar-refractivity contribution is 6.36. The van der Waals surface area contributed by atoms with Crippen molar-refractivity contribution in [1.29, 1.82) is 5.26 Å². The monoisotopic (exact) mass is 675 g/mol. The van der Waals surface area contributed by atoms with Crippen LogP contribution >= 0.6 is 23.2 Å². The van der Waals surface area contributed by atoms with Crippen LogP contribution in [0.2, 0.25) is 10.0 Å². The summed E-state index contributed by atoms with van der Waals surface area (Å²) in [6.45, 7) is 1.15. The molecule has 0 bridgehead atoms. The van der Waals surface area contributed by atoms with E-state index in [1.54, 1.807) is 54.1 Å². The molecule has 2 aromatic heterocycles. The van der Waals surface area contributed by atoms with Crippen molar-refractivity contribution in [3.8, 4) is 6.07 Å². The SMILES string of the molecule is CN(C)C(=O)N1CCC[C@@H]1Cn1cc(C(Nc2cc(Cl)c3ncc(C#N)c(Nc4ccc(F)c(Cl)c4)c3c2)c2ccc(F)cc2)nn1. The Balaban J connectivity index is 1.36. The van der Waals surface area contributed by atoms with Gasteiger partial charge in [-0.1, -0.05) is 40.5 Å². The van der Waals surface area contributed by atoms with Crippen LogP contribution in [0.5, 0.6) is 0 Å². The second-order valence-corrected chi connectivity index (χ2v) is 12.2. The van der Waals surface area contributed by atoms with E-state index in [-0.39, 0.29) is 28.5 Å². The summed E-state index contributed by atoms with van der Waals surface area (Å²) in [4.78, 5) is 20.5. The molecule has 2 atom stereocenters. The minimum atomic E-state index is -0.583. The Morgan fingerprint density at radius 3 is 2.60 bits per heavy atom. The number of aromatic nitrogens is 4. The number of carbonyl (C=O) groups excluding carboxylic acids is 1. The average Bonchev–Trinajstić information content (AvgIpc) is 3.72. The van der Waals surface area contributed by atoms with Gasteiger partial charge in [-0.25, -0.2) is 13.6 Å². The van der Waals surface area contributed by atoms with Gasteiger partial charge in [-0.2, -0.15) is 5.26 Å². The van der Waals surface area contributed by atoms with Crippen molar-refractivity contribution in [3.63, 3.8) is 0 Å². The van der Waals surface area contributed by atoms with Crippen LogP contribution in [0.1, 0.15) is 35.7 Å². The third-order valence-corrected chi connectivity index (χ3v) is 8.58. The van der Waals surface area contributed by atoms with Gasteiger partial charge in [-0.3, -0.25) is 9.67 Å². The molecule has 1 unspecified atom stereocenters. The lowest BCUT2D eigenvalue weighted by atomic mass is 10.0. The minimum Gasteiger partial charge on any atom is -0.373 e. The second-order valence-electron chi connectivity index (χ2n) is 11.4. The number of nitrogens with one attached hydrogen (secondary N) is 2. The molecule has 10 nitrogen and oxygen atoms in total. The molecule has 47 heavy (non-hydrogen) atoms. The standard InChI is InChI=1S/C33H29Cl2F2N9O/c1-44(2)33(47)46-11-3-4-24(46)17-45-18-29(42-43-45)31(19-5-7-21(36)8-6-19)41-23-12-25-30(40-22-9-10-28(37)26(34)13-22)20(15-38)16-39-32(25)27(35)14-23/h5-10,12-14,16,18,24,31,41H,3-4,11,17H2,1-2H3,(H,39,40)/t24-,31?/m1/s1. The quantitative estimate of drug-likeness (QED) is 0.176. The topological polar surface area (TPSA) is 115 Å². The van der Waals surface area contributed by atoms with Crippen LogP contribution in [0, 0.1) is 23.0 Å². The van der Waals surface area contributed by atoms with Gasteiger partial charge in [-0.05, 0) is 60.9 Å². The molecule has 240 valence electrons. The number of hydrogen-bond donors (Lipinski definition) is 2. The summed E-state index contributed by atoms with van der Waals surface area (Å²) in [6.07, 6.45) is 4.97. The first-order valence-electron chi connectivity index (χ1n) is 14.8. The fraction of sp³-hybridized carbons (Fsp3) is 0.242. The molecule has 2 N–H and O–H groups in total. The van der Waals surface area contributed by atoms with Crippen molar-refractivity contribution in [1.82, 2.24) is 29.8 Å². The molecule has 2 amide bonds. The first-order chi connectivity index (χ1) is 22.6. The van der Waals surface area contributed by atoms with Gasteiger partial charge in [0.05, 0.1) is 51.6 Å². The predicted molar refractivity (Wildman–Crippen MR) is 177 cm³/mol. The van der Waals surface area contributed by atoms with Crippen LogP contribution in [0.3, 0.4) is 0 Å². The van der Waals surface area contributed by atoms with E-state index in [4.69, 9.17) is 23.2 Å². The highest BCUT2D eigenvalue weighted by Gasteiger charge is 2.30. The third-order valence-electron chi connectivity index (χ3n) is 8.00. The summed E-state index contributed by atoms with van der Waals surface area (Å²) in [5.74, 6) is -0.957. The zero-order chi connectivity index (χ0) is 33.2. The molecule has 1 saturated heterocycles. The number of hydrogen-bond acceptors (Lipinski definition) is 7.